The molecule has 2 aromatic rings. The second-order valence-electron chi connectivity index (χ2n) is 4.44. The van der Waals surface area contributed by atoms with Crippen molar-refractivity contribution >= 4 is 0 Å². The number of aromatic nitrogens is 4. The number of ether oxygens (including phenoxy) is 1. The molecule has 0 fully saturated rings. The zero-order valence-corrected chi connectivity index (χ0v) is 11.6. The van der Waals surface area contributed by atoms with Crippen LogP contribution in [0.5, 0.6) is 0 Å². The quantitative estimate of drug-likeness (QED) is 0.770. The van der Waals surface area contributed by atoms with E-state index in [-0.39, 0.29) is 11.9 Å². The molecule has 0 saturated heterocycles. The summed E-state index contributed by atoms with van der Waals surface area (Å²) in [4.78, 5) is 0. The highest BCUT2D eigenvalue weighted by atomic mass is 19.1. The predicted molar refractivity (Wildman–Crippen MR) is 71.6 cm³/mol. The number of nitrogens with one attached hydrogen (secondary N) is 1. The zero-order valence-electron chi connectivity index (χ0n) is 11.6. The van der Waals surface area contributed by atoms with Crippen molar-refractivity contribution < 1.29 is 9.13 Å². The van der Waals surface area contributed by atoms with Crippen LogP contribution in [0.25, 0.3) is 0 Å². The van der Waals surface area contributed by atoms with Gasteiger partial charge in [-0.05, 0) is 35.0 Å². The maximum absolute atomic E-state index is 12.9. The van der Waals surface area contributed by atoms with Crippen molar-refractivity contribution in [1.82, 2.24) is 25.5 Å². The van der Waals surface area contributed by atoms with Crippen LogP contribution in [0, 0.1) is 5.82 Å². The van der Waals surface area contributed by atoms with Crippen LogP contribution in [0.4, 0.5) is 4.39 Å². The van der Waals surface area contributed by atoms with Gasteiger partial charge in [0.05, 0.1) is 19.2 Å². The highest BCUT2D eigenvalue weighted by Gasteiger charge is 2.14. The Labute approximate surface area is 116 Å². The van der Waals surface area contributed by atoms with Gasteiger partial charge in [-0.1, -0.05) is 12.1 Å². The van der Waals surface area contributed by atoms with Gasteiger partial charge in [-0.15, -0.1) is 5.10 Å². The third kappa shape index (κ3) is 3.58. The van der Waals surface area contributed by atoms with Crippen LogP contribution in [-0.2, 0) is 11.3 Å². The molecule has 6 nitrogen and oxygen atoms in total. The summed E-state index contributed by atoms with van der Waals surface area (Å²) >= 11 is 0. The topological polar surface area (TPSA) is 64.9 Å². The molecular formula is C13H18FN5O. The van der Waals surface area contributed by atoms with Gasteiger partial charge < -0.3 is 10.1 Å². The lowest BCUT2D eigenvalue weighted by Gasteiger charge is -2.14. The summed E-state index contributed by atoms with van der Waals surface area (Å²) < 4.78 is 19.6. The average molecular weight is 279 g/mol. The van der Waals surface area contributed by atoms with Gasteiger partial charge in [0.25, 0.3) is 0 Å². The van der Waals surface area contributed by atoms with Crippen molar-refractivity contribution in [2.24, 2.45) is 0 Å². The van der Waals surface area contributed by atoms with E-state index >= 15 is 0 Å². The van der Waals surface area contributed by atoms with Gasteiger partial charge in [-0.3, -0.25) is 0 Å². The molecule has 108 valence electrons. The normalized spacial score (nSPS) is 12.6. The number of halogens is 1. The number of tetrazole rings is 1. The van der Waals surface area contributed by atoms with Crippen molar-refractivity contribution in [3.63, 3.8) is 0 Å². The third-order valence-electron chi connectivity index (χ3n) is 3.05. The Morgan fingerprint density at radius 1 is 1.35 bits per heavy atom. The summed E-state index contributed by atoms with van der Waals surface area (Å²) in [6.45, 7) is 3.90. The lowest BCUT2D eigenvalue weighted by atomic mass is 10.1. The van der Waals surface area contributed by atoms with E-state index in [0.717, 1.165) is 17.9 Å². The van der Waals surface area contributed by atoms with Gasteiger partial charge in [0.2, 0.25) is 0 Å². The Bertz CT molecular complexity index is 528. The van der Waals surface area contributed by atoms with Crippen molar-refractivity contribution in [1.29, 1.82) is 0 Å². The Hall–Kier alpha value is -1.86. The highest BCUT2D eigenvalue weighted by molar-refractivity contribution is 5.20. The zero-order chi connectivity index (χ0) is 14.4. The van der Waals surface area contributed by atoms with Crippen LogP contribution >= 0.6 is 0 Å². The summed E-state index contributed by atoms with van der Waals surface area (Å²) in [6.07, 6.45) is 0. The molecule has 7 heteroatoms. The number of hydrogen-bond acceptors (Lipinski definition) is 5. The van der Waals surface area contributed by atoms with E-state index in [2.05, 4.69) is 20.8 Å². The maximum Gasteiger partial charge on any atom is 0.165 e. The number of benzene rings is 1. The minimum Gasteiger partial charge on any atom is -0.383 e. The first-order valence-electron chi connectivity index (χ1n) is 6.44. The second kappa shape index (κ2) is 7.06. The molecule has 20 heavy (non-hydrogen) atoms. The summed E-state index contributed by atoms with van der Waals surface area (Å²) in [7, 11) is 1.66. The molecule has 0 saturated carbocycles. The van der Waals surface area contributed by atoms with Crippen molar-refractivity contribution in [2.45, 2.75) is 19.5 Å². The lowest BCUT2D eigenvalue weighted by molar-refractivity contribution is 0.198. The van der Waals surface area contributed by atoms with Gasteiger partial charge >= 0.3 is 0 Å². The van der Waals surface area contributed by atoms with E-state index in [1.54, 1.807) is 23.9 Å². The average Bonchev–Trinajstić information content (AvgIpc) is 2.92. The molecule has 0 radical (unpaired) electrons. The summed E-state index contributed by atoms with van der Waals surface area (Å²) in [6, 6.07) is 6.30. The number of nitrogens with zero attached hydrogens (tertiary/aromatic N) is 4. The minimum absolute atomic E-state index is 0.0511. The molecular weight excluding hydrogens is 261 g/mol. The minimum atomic E-state index is -0.251. The molecule has 0 aliphatic heterocycles. The molecule has 0 spiro atoms. The molecule has 1 heterocycles. The van der Waals surface area contributed by atoms with E-state index in [0.29, 0.717) is 13.2 Å². The van der Waals surface area contributed by atoms with E-state index < -0.39 is 0 Å². The molecule has 1 aromatic carbocycles. The fraction of sp³-hybridized carbons (Fsp3) is 0.462. The molecule has 2 rings (SSSR count). The largest absolute Gasteiger partial charge is 0.383 e. The van der Waals surface area contributed by atoms with Gasteiger partial charge in [0.15, 0.2) is 5.82 Å². The third-order valence-corrected chi connectivity index (χ3v) is 3.05. The molecule has 1 unspecified atom stereocenters. The first-order chi connectivity index (χ1) is 9.72. The van der Waals surface area contributed by atoms with Crippen LogP contribution in [-0.4, -0.2) is 40.5 Å². The van der Waals surface area contributed by atoms with Crippen LogP contribution < -0.4 is 5.32 Å². The van der Waals surface area contributed by atoms with Gasteiger partial charge in [-0.25, -0.2) is 9.07 Å². The van der Waals surface area contributed by atoms with E-state index in [4.69, 9.17) is 4.74 Å². The molecule has 1 aromatic heterocycles. The number of rotatable bonds is 7. The van der Waals surface area contributed by atoms with E-state index in [9.17, 15) is 4.39 Å². The smallest absolute Gasteiger partial charge is 0.165 e. The number of methoxy groups -OCH3 is 1. The van der Waals surface area contributed by atoms with Gasteiger partial charge in [-0.2, -0.15) is 0 Å². The fourth-order valence-electron chi connectivity index (χ4n) is 1.89. The van der Waals surface area contributed by atoms with Crippen LogP contribution in [0.2, 0.25) is 0 Å². The Morgan fingerprint density at radius 3 is 2.80 bits per heavy atom. The van der Waals surface area contributed by atoms with E-state index in [1.165, 1.54) is 12.1 Å². The Balaban J connectivity index is 2.04. The number of hydrogen-bond donors (Lipinski definition) is 1. The van der Waals surface area contributed by atoms with Crippen LogP contribution in [0.15, 0.2) is 24.3 Å². The van der Waals surface area contributed by atoms with Crippen molar-refractivity contribution in [3.05, 3.63) is 41.5 Å². The highest BCUT2D eigenvalue weighted by Crippen LogP contribution is 2.17. The van der Waals surface area contributed by atoms with Gasteiger partial charge in [0, 0.05) is 13.7 Å². The summed E-state index contributed by atoms with van der Waals surface area (Å²) in [5.74, 6) is 0.483. The van der Waals surface area contributed by atoms with E-state index in [1.807, 2.05) is 6.92 Å². The molecule has 0 aliphatic carbocycles. The lowest BCUT2D eigenvalue weighted by Crippen LogP contribution is -2.22. The molecule has 0 amide bonds. The fourth-order valence-corrected chi connectivity index (χ4v) is 1.89. The molecule has 1 atom stereocenters. The molecule has 1 N–H and O–H groups in total. The summed E-state index contributed by atoms with van der Waals surface area (Å²) in [5, 5.41) is 14.9. The van der Waals surface area contributed by atoms with Crippen molar-refractivity contribution in [3.8, 4) is 0 Å². The monoisotopic (exact) mass is 279 g/mol. The predicted octanol–water partition coefficient (Wildman–Crippen LogP) is 1.16. The SMILES string of the molecule is COCCNCc1nnnn1C(C)c1ccc(F)cc1. The van der Waals surface area contributed by atoms with Crippen LogP contribution in [0.1, 0.15) is 24.4 Å². The molecule has 0 bridgehead atoms. The molecule has 0 aliphatic rings. The maximum atomic E-state index is 12.9. The second-order valence-corrected chi connectivity index (χ2v) is 4.44. The first-order valence-corrected chi connectivity index (χ1v) is 6.44. The van der Waals surface area contributed by atoms with Crippen LogP contribution in [0.3, 0.4) is 0 Å². The summed E-state index contributed by atoms with van der Waals surface area (Å²) in [5.41, 5.74) is 0.955. The Morgan fingerprint density at radius 2 is 2.10 bits per heavy atom. The van der Waals surface area contributed by atoms with Gasteiger partial charge in [0.1, 0.15) is 5.82 Å². The first kappa shape index (κ1) is 14.5. The van der Waals surface area contributed by atoms with Crippen molar-refractivity contribution in [2.75, 3.05) is 20.3 Å². The standard InChI is InChI=1S/C13H18FN5O/c1-10(11-3-5-12(14)6-4-11)19-13(16-17-18-19)9-15-7-8-20-2/h3-6,10,15H,7-9H2,1-2H3. The Kier molecular flexibility index (Phi) is 5.14.